The van der Waals surface area contributed by atoms with Crippen LogP contribution in [0, 0.1) is 5.82 Å². The van der Waals surface area contributed by atoms with Gasteiger partial charge in [-0.15, -0.1) is 0 Å². The predicted octanol–water partition coefficient (Wildman–Crippen LogP) is 2.53. The van der Waals surface area contributed by atoms with Gasteiger partial charge in [-0.3, -0.25) is 9.69 Å². The predicted molar refractivity (Wildman–Crippen MR) is 62.5 cm³/mol. The second kappa shape index (κ2) is 5.02. The molecule has 92 valence electrons. The molecule has 1 saturated heterocycles. The van der Waals surface area contributed by atoms with Crippen LogP contribution in [-0.2, 0) is 11.3 Å². The molecule has 17 heavy (non-hydrogen) atoms. The van der Waals surface area contributed by atoms with Gasteiger partial charge in [0.05, 0.1) is 5.02 Å². The Balaban J connectivity index is 2.09. The Morgan fingerprint density at radius 3 is 3.00 bits per heavy atom. The number of likely N-dealkylation sites (tertiary alicyclic amines) is 1. The zero-order valence-electron chi connectivity index (χ0n) is 9.20. The molecule has 0 aromatic heterocycles. The standard InChI is InChI=1S/C12H13ClFNO2/c13-9-6-8(3-4-10(9)14)7-15-5-1-2-11(15)12(16)17/h3-4,6,11H,1-2,5,7H2,(H,16,17). The van der Waals surface area contributed by atoms with E-state index in [0.29, 0.717) is 13.0 Å². The third-order valence-corrected chi connectivity index (χ3v) is 3.31. The van der Waals surface area contributed by atoms with Crippen LogP contribution in [0.15, 0.2) is 18.2 Å². The van der Waals surface area contributed by atoms with Gasteiger partial charge in [0.25, 0.3) is 0 Å². The highest BCUT2D eigenvalue weighted by Gasteiger charge is 2.30. The lowest BCUT2D eigenvalue weighted by Gasteiger charge is -2.21. The van der Waals surface area contributed by atoms with Crippen molar-refractivity contribution in [3.63, 3.8) is 0 Å². The summed E-state index contributed by atoms with van der Waals surface area (Å²) in [6.07, 6.45) is 1.55. The molecule has 0 spiro atoms. The molecular formula is C12H13ClFNO2. The van der Waals surface area contributed by atoms with Gasteiger partial charge in [-0.05, 0) is 37.1 Å². The average molecular weight is 258 g/mol. The molecule has 1 heterocycles. The zero-order valence-corrected chi connectivity index (χ0v) is 9.95. The molecular weight excluding hydrogens is 245 g/mol. The largest absolute Gasteiger partial charge is 0.480 e. The van der Waals surface area contributed by atoms with E-state index in [9.17, 15) is 9.18 Å². The molecule has 1 fully saturated rings. The van der Waals surface area contributed by atoms with Crippen LogP contribution in [0.2, 0.25) is 5.02 Å². The maximum Gasteiger partial charge on any atom is 0.320 e. The highest BCUT2D eigenvalue weighted by molar-refractivity contribution is 6.30. The number of hydrogen-bond acceptors (Lipinski definition) is 2. The van der Waals surface area contributed by atoms with Crippen LogP contribution in [0.25, 0.3) is 0 Å². The first-order valence-electron chi connectivity index (χ1n) is 5.48. The van der Waals surface area contributed by atoms with Crippen molar-refractivity contribution in [2.24, 2.45) is 0 Å². The fourth-order valence-corrected chi connectivity index (χ4v) is 2.37. The Hall–Kier alpha value is -1.13. The van der Waals surface area contributed by atoms with Gasteiger partial charge >= 0.3 is 5.97 Å². The second-order valence-electron chi connectivity index (χ2n) is 4.22. The summed E-state index contributed by atoms with van der Waals surface area (Å²) in [6, 6.07) is 4.06. The number of carbonyl (C=O) groups is 1. The van der Waals surface area contributed by atoms with E-state index in [1.54, 1.807) is 12.1 Å². The Kier molecular flexibility index (Phi) is 3.64. The maximum atomic E-state index is 13.0. The van der Waals surface area contributed by atoms with E-state index in [-0.39, 0.29) is 5.02 Å². The van der Waals surface area contributed by atoms with Crippen LogP contribution >= 0.6 is 11.6 Å². The average Bonchev–Trinajstić information content (AvgIpc) is 2.72. The molecule has 1 aliphatic heterocycles. The molecule has 0 saturated carbocycles. The first-order valence-corrected chi connectivity index (χ1v) is 5.86. The topological polar surface area (TPSA) is 40.5 Å². The zero-order chi connectivity index (χ0) is 12.4. The molecule has 1 N–H and O–H groups in total. The lowest BCUT2D eigenvalue weighted by Crippen LogP contribution is -2.35. The number of carboxylic acids is 1. The molecule has 1 aliphatic rings. The minimum absolute atomic E-state index is 0.0774. The molecule has 1 aromatic carbocycles. The van der Waals surface area contributed by atoms with Gasteiger partial charge < -0.3 is 5.11 Å². The third kappa shape index (κ3) is 2.76. The highest BCUT2D eigenvalue weighted by Crippen LogP contribution is 2.22. The van der Waals surface area contributed by atoms with Crippen LogP contribution in [-0.4, -0.2) is 28.6 Å². The monoisotopic (exact) mass is 257 g/mol. The molecule has 1 atom stereocenters. The molecule has 0 bridgehead atoms. The SMILES string of the molecule is O=C(O)C1CCCN1Cc1ccc(F)c(Cl)c1. The normalized spacial score (nSPS) is 20.7. The number of hydrogen-bond donors (Lipinski definition) is 1. The van der Waals surface area contributed by atoms with Crippen molar-refractivity contribution >= 4 is 17.6 Å². The van der Waals surface area contributed by atoms with Crippen molar-refractivity contribution in [2.45, 2.75) is 25.4 Å². The van der Waals surface area contributed by atoms with Crippen LogP contribution < -0.4 is 0 Å². The molecule has 5 heteroatoms. The smallest absolute Gasteiger partial charge is 0.320 e. The summed E-state index contributed by atoms with van der Waals surface area (Å²) in [6.45, 7) is 1.25. The molecule has 1 aromatic rings. The van der Waals surface area contributed by atoms with Crippen molar-refractivity contribution in [3.05, 3.63) is 34.6 Å². The van der Waals surface area contributed by atoms with E-state index >= 15 is 0 Å². The Bertz CT molecular complexity index is 439. The lowest BCUT2D eigenvalue weighted by atomic mass is 10.2. The van der Waals surface area contributed by atoms with Crippen molar-refractivity contribution in [1.82, 2.24) is 4.90 Å². The summed E-state index contributed by atoms with van der Waals surface area (Å²) < 4.78 is 13.0. The van der Waals surface area contributed by atoms with Crippen LogP contribution in [0.1, 0.15) is 18.4 Å². The van der Waals surface area contributed by atoms with E-state index in [0.717, 1.165) is 18.5 Å². The molecule has 0 amide bonds. The number of nitrogens with zero attached hydrogens (tertiary/aromatic N) is 1. The number of aliphatic carboxylic acids is 1. The fraction of sp³-hybridized carbons (Fsp3) is 0.417. The van der Waals surface area contributed by atoms with Crippen LogP contribution in [0.3, 0.4) is 0 Å². The number of rotatable bonds is 3. The molecule has 1 unspecified atom stereocenters. The number of benzene rings is 1. The first-order chi connectivity index (χ1) is 8.08. The summed E-state index contributed by atoms with van der Waals surface area (Å²) in [5.41, 5.74) is 0.838. The summed E-state index contributed by atoms with van der Waals surface area (Å²) in [7, 11) is 0. The van der Waals surface area contributed by atoms with Crippen molar-refractivity contribution in [3.8, 4) is 0 Å². The molecule has 3 nitrogen and oxygen atoms in total. The summed E-state index contributed by atoms with van der Waals surface area (Å²) >= 11 is 5.69. The van der Waals surface area contributed by atoms with Crippen molar-refractivity contribution in [2.75, 3.05) is 6.54 Å². The second-order valence-corrected chi connectivity index (χ2v) is 4.62. The molecule has 0 radical (unpaired) electrons. The number of halogens is 2. The highest BCUT2D eigenvalue weighted by atomic mass is 35.5. The molecule has 0 aliphatic carbocycles. The Labute approximate surface area is 104 Å². The van der Waals surface area contributed by atoms with E-state index in [2.05, 4.69) is 0 Å². The van der Waals surface area contributed by atoms with Gasteiger partial charge in [0.1, 0.15) is 11.9 Å². The Morgan fingerprint density at radius 2 is 2.35 bits per heavy atom. The van der Waals surface area contributed by atoms with Gasteiger partial charge in [0, 0.05) is 6.54 Å². The van der Waals surface area contributed by atoms with Crippen LogP contribution in [0.5, 0.6) is 0 Å². The van der Waals surface area contributed by atoms with Crippen LogP contribution in [0.4, 0.5) is 4.39 Å². The quantitative estimate of drug-likeness (QED) is 0.905. The summed E-state index contributed by atoms with van der Waals surface area (Å²) in [5, 5.41) is 9.11. The van der Waals surface area contributed by atoms with Gasteiger partial charge in [0.2, 0.25) is 0 Å². The summed E-state index contributed by atoms with van der Waals surface area (Å²) in [5.74, 6) is -1.25. The Morgan fingerprint density at radius 1 is 1.59 bits per heavy atom. The van der Waals surface area contributed by atoms with Gasteiger partial charge in [-0.1, -0.05) is 17.7 Å². The third-order valence-electron chi connectivity index (χ3n) is 3.02. The van der Waals surface area contributed by atoms with E-state index in [4.69, 9.17) is 16.7 Å². The fourth-order valence-electron chi connectivity index (χ4n) is 2.17. The first kappa shape index (κ1) is 12.3. The minimum atomic E-state index is -0.796. The molecule has 2 rings (SSSR count). The van der Waals surface area contributed by atoms with Gasteiger partial charge in [-0.2, -0.15) is 0 Å². The summed E-state index contributed by atoms with van der Waals surface area (Å²) in [4.78, 5) is 12.9. The van der Waals surface area contributed by atoms with E-state index in [1.807, 2.05) is 4.90 Å². The van der Waals surface area contributed by atoms with Crippen molar-refractivity contribution in [1.29, 1.82) is 0 Å². The lowest BCUT2D eigenvalue weighted by molar-refractivity contribution is -0.142. The van der Waals surface area contributed by atoms with Gasteiger partial charge in [0.15, 0.2) is 0 Å². The van der Waals surface area contributed by atoms with Gasteiger partial charge in [-0.25, -0.2) is 4.39 Å². The van der Waals surface area contributed by atoms with E-state index in [1.165, 1.54) is 6.07 Å². The van der Waals surface area contributed by atoms with Crippen molar-refractivity contribution < 1.29 is 14.3 Å². The minimum Gasteiger partial charge on any atom is -0.480 e. The maximum absolute atomic E-state index is 13.0. The van der Waals surface area contributed by atoms with E-state index < -0.39 is 17.8 Å². The number of carboxylic acid groups (broad SMARTS) is 1.